The summed E-state index contributed by atoms with van der Waals surface area (Å²) in [5.74, 6) is -1.17. The summed E-state index contributed by atoms with van der Waals surface area (Å²) in [6.07, 6.45) is -4.80. The summed E-state index contributed by atoms with van der Waals surface area (Å²) in [6.45, 7) is 4.54. The quantitative estimate of drug-likeness (QED) is 0.667. The second-order valence-corrected chi connectivity index (χ2v) is 7.52. The predicted molar refractivity (Wildman–Crippen MR) is 71.2 cm³/mol. The number of nitrogens with one attached hydrogen (secondary N) is 1. The minimum Gasteiger partial charge on any atom is -0.598 e. The smallest absolute Gasteiger partial charge is 0.412 e. The molecule has 114 valence electrons. The van der Waals surface area contributed by atoms with Crippen LogP contribution in [0.4, 0.5) is 17.6 Å². The van der Waals surface area contributed by atoms with Crippen LogP contribution in [0.25, 0.3) is 0 Å². The zero-order chi connectivity index (χ0) is 15.7. The van der Waals surface area contributed by atoms with Crippen molar-refractivity contribution >= 4 is 23.0 Å². The summed E-state index contributed by atoms with van der Waals surface area (Å²) in [7, 11) is 0. The highest BCUT2D eigenvalue weighted by Gasteiger charge is 2.47. The van der Waals surface area contributed by atoms with Gasteiger partial charge in [0.05, 0.1) is 5.02 Å². The summed E-state index contributed by atoms with van der Waals surface area (Å²) >= 11 is 3.48. The minimum absolute atomic E-state index is 0.417. The molecule has 0 saturated carbocycles. The van der Waals surface area contributed by atoms with E-state index in [1.54, 1.807) is 0 Å². The molecule has 1 aromatic rings. The summed E-state index contributed by atoms with van der Waals surface area (Å²) in [6, 6.07) is 0.934. The standard InChI is InChI=1S/C12H14ClF4NOS/c1-11(2,3)20(19)18-10(12(15,16)17)7-5-4-6-8(13)9(7)14/h4-6,10,18H,1-3H3/t10-,20?/m0/s1. The molecule has 8 heteroatoms. The van der Waals surface area contributed by atoms with Gasteiger partial charge in [0.2, 0.25) is 0 Å². The molecule has 0 bridgehead atoms. The molecule has 0 saturated heterocycles. The fourth-order valence-corrected chi connectivity index (χ4v) is 2.34. The number of halogens is 5. The molecule has 0 spiro atoms. The molecule has 1 unspecified atom stereocenters. The Bertz CT molecular complexity index is 476. The molecule has 0 radical (unpaired) electrons. The van der Waals surface area contributed by atoms with Gasteiger partial charge in [-0.25, -0.2) is 4.39 Å². The van der Waals surface area contributed by atoms with Crippen LogP contribution < -0.4 is 4.72 Å². The average Bonchev–Trinajstić information content (AvgIpc) is 2.27. The Morgan fingerprint density at radius 1 is 1.25 bits per heavy atom. The van der Waals surface area contributed by atoms with Crippen molar-refractivity contribution in [2.24, 2.45) is 0 Å². The maximum Gasteiger partial charge on any atom is 0.412 e. The molecule has 2 atom stereocenters. The van der Waals surface area contributed by atoms with Crippen LogP contribution in [-0.4, -0.2) is 15.5 Å². The summed E-state index contributed by atoms with van der Waals surface area (Å²) in [5.41, 5.74) is -0.678. The Labute approximate surface area is 122 Å². The zero-order valence-electron chi connectivity index (χ0n) is 11.0. The van der Waals surface area contributed by atoms with E-state index in [1.807, 2.05) is 4.72 Å². The third-order valence-electron chi connectivity index (χ3n) is 2.40. The van der Waals surface area contributed by atoms with E-state index in [-0.39, 0.29) is 0 Å². The van der Waals surface area contributed by atoms with Crippen LogP contribution in [0, 0.1) is 5.82 Å². The molecule has 20 heavy (non-hydrogen) atoms. The van der Waals surface area contributed by atoms with Crippen molar-refractivity contribution in [1.29, 1.82) is 0 Å². The molecular weight excluding hydrogens is 318 g/mol. The molecule has 1 aromatic carbocycles. The number of hydrogen-bond acceptors (Lipinski definition) is 2. The molecule has 0 aliphatic rings. The van der Waals surface area contributed by atoms with Gasteiger partial charge in [-0.1, -0.05) is 23.7 Å². The van der Waals surface area contributed by atoms with Crippen molar-refractivity contribution in [2.45, 2.75) is 37.7 Å². The summed E-state index contributed by atoms with van der Waals surface area (Å²) < 4.78 is 65.8. The van der Waals surface area contributed by atoms with E-state index in [0.29, 0.717) is 0 Å². The monoisotopic (exact) mass is 331 g/mol. The van der Waals surface area contributed by atoms with Gasteiger partial charge in [-0.15, -0.1) is 4.72 Å². The van der Waals surface area contributed by atoms with E-state index in [2.05, 4.69) is 0 Å². The van der Waals surface area contributed by atoms with Crippen molar-refractivity contribution in [3.63, 3.8) is 0 Å². The van der Waals surface area contributed by atoms with Crippen LogP contribution >= 0.6 is 11.6 Å². The predicted octanol–water partition coefficient (Wildman–Crippen LogP) is 4.13. The first-order valence-electron chi connectivity index (χ1n) is 5.63. The molecule has 0 aliphatic carbocycles. The third kappa shape index (κ3) is 4.25. The zero-order valence-corrected chi connectivity index (χ0v) is 12.6. The first-order chi connectivity index (χ1) is 8.94. The molecule has 0 aromatic heterocycles. The fraction of sp³-hybridized carbons (Fsp3) is 0.500. The molecule has 0 amide bonds. The Balaban J connectivity index is 3.18. The second-order valence-electron chi connectivity index (χ2n) is 5.12. The fourth-order valence-electron chi connectivity index (χ4n) is 1.33. The van der Waals surface area contributed by atoms with Crippen LogP contribution in [0.2, 0.25) is 5.02 Å². The Hall–Kier alpha value is -0.500. The summed E-state index contributed by atoms with van der Waals surface area (Å²) in [4.78, 5) is 0. The highest BCUT2D eigenvalue weighted by atomic mass is 35.5. The van der Waals surface area contributed by atoms with Crippen molar-refractivity contribution in [1.82, 2.24) is 4.72 Å². The maximum atomic E-state index is 13.8. The largest absolute Gasteiger partial charge is 0.598 e. The van der Waals surface area contributed by atoms with Crippen LogP contribution in [0.3, 0.4) is 0 Å². The Morgan fingerprint density at radius 2 is 1.80 bits per heavy atom. The number of rotatable bonds is 3. The number of alkyl halides is 3. The van der Waals surface area contributed by atoms with Crippen molar-refractivity contribution in [2.75, 3.05) is 0 Å². The van der Waals surface area contributed by atoms with E-state index < -0.39 is 44.7 Å². The lowest BCUT2D eigenvalue weighted by atomic mass is 10.1. The minimum atomic E-state index is -4.80. The molecule has 0 aliphatic heterocycles. The Morgan fingerprint density at radius 3 is 2.25 bits per heavy atom. The van der Waals surface area contributed by atoms with E-state index in [0.717, 1.165) is 12.1 Å². The van der Waals surface area contributed by atoms with Gasteiger partial charge in [-0.2, -0.15) is 13.2 Å². The van der Waals surface area contributed by atoms with E-state index >= 15 is 0 Å². The first kappa shape index (κ1) is 17.6. The average molecular weight is 332 g/mol. The van der Waals surface area contributed by atoms with Gasteiger partial charge < -0.3 is 4.55 Å². The molecule has 1 N–H and O–H groups in total. The van der Waals surface area contributed by atoms with Gasteiger partial charge in [-0.05, 0) is 26.8 Å². The summed E-state index contributed by atoms with van der Waals surface area (Å²) in [5, 5.41) is -0.417. The van der Waals surface area contributed by atoms with Crippen LogP contribution in [0.5, 0.6) is 0 Å². The molecular formula is C12H14ClF4NOS. The van der Waals surface area contributed by atoms with E-state index in [1.165, 1.54) is 26.8 Å². The van der Waals surface area contributed by atoms with Crippen LogP contribution in [0.15, 0.2) is 18.2 Å². The second kappa shape index (κ2) is 6.09. The van der Waals surface area contributed by atoms with Crippen molar-refractivity contribution in [3.8, 4) is 0 Å². The van der Waals surface area contributed by atoms with Crippen LogP contribution in [-0.2, 0) is 11.4 Å². The number of benzene rings is 1. The topological polar surface area (TPSA) is 35.1 Å². The molecule has 0 heterocycles. The lowest BCUT2D eigenvalue weighted by Gasteiger charge is -2.29. The van der Waals surface area contributed by atoms with Gasteiger partial charge in [0, 0.05) is 16.9 Å². The van der Waals surface area contributed by atoms with E-state index in [9.17, 15) is 22.1 Å². The van der Waals surface area contributed by atoms with E-state index in [4.69, 9.17) is 11.6 Å². The Kier molecular flexibility index (Phi) is 5.34. The lowest BCUT2D eigenvalue weighted by molar-refractivity contribution is -0.153. The van der Waals surface area contributed by atoms with Crippen molar-refractivity contribution < 1.29 is 22.1 Å². The molecule has 0 fully saturated rings. The number of hydrogen-bond donors (Lipinski definition) is 1. The van der Waals surface area contributed by atoms with Crippen LogP contribution in [0.1, 0.15) is 32.4 Å². The van der Waals surface area contributed by atoms with Gasteiger partial charge in [0.25, 0.3) is 0 Å². The normalized spacial score (nSPS) is 16.1. The van der Waals surface area contributed by atoms with Gasteiger partial charge >= 0.3 is 6.18 Å². The first-order valence-corrected chi connectivity index (χ1v) is 7.16. The third-order valence-corrected chi connectivity index (χ3v) is 4.25. The SMILES string of the molecule is CC(C)(C)[S+]([O-])N[C@@H](c1cccc(Cl)c1F)C(F)(F)F. The lowest BCUT2D eigenvalue weighted by Crippen LogP contribution is -2.46. The molecule has 1 rings (SSSR count). The molecule has 2 nitrogen and oxygen atoms in total. The maximum absolute atomic E-state index is 13.8. The van der Waals surface area contributed by atoms with Gasteiger partial charge in [0.15, 0.2) is 6.04 Å². The van der Waals surface area contributed by atoms with Gasteiger partial charge in [-0.3, -0.25) is 0 Å². The van der Waals surface area contributed by atoms with Crippen molar-refractivity contribution in [3.05, 3.63) is 34.6 Å². The highest BCUT2D eigenvalue weighted by Crippen LogP contribution is 2.37. The van der Waals surface area contributed by atoms with Gasteiger partial charge in [0.1, 0.15) is 10.6 Å². The highest BCUT2D eigenvalue weighted by molar-refractivity contribution is 7.90.